The van der Waals surface area contributed by atoms with Crippen molar-refractivity contribution in [2.24, 2.45) is 0 Å². The minimum absolute atomic E-state index is 0.406. The lowest BCUT2D eigenvalue weighted by Gasteiger charge is -2.38. The minimum Gasteiger partial charge on any atom is -0.378 e. The van der Waals surface area contributed by atoms with Crippen molar-refractivity contribution in [2.75, 3.05) is 27.2 Å². The molecule has 1 N–H and O–H groups in total. The molecule has 1 aromatic carbocycles. The Hall–Kier alpha value is -0.900. The lowest BCUT2D eigenvalue weighted by atomic mass is 9.88. The molecule has 0 spiro atoms. The molecule has 1 aliphatic rings. The van der Waals surface area contributed by atoms with Gasteiger partial charge in [-0.2, -0.15) is 0 Å². The van der Waals surface area contributed by atoms with Crippen molar-refractivity contribution in [3.05, 3.63) is 35.9 Å². The fourth-order valence-electron chi connectivity index (χ4n) is 2.66. The standard InChI is InChI=1S/C16H26N2O/c1-4-19-15-10-14(11-15)17-16(12-18(2)3)13-8-6-5-7-9-13/h5-9,14-17H,4,10-12H2,1-3H3. The Morgan fingerprint density at radius 2 is 1.95 bits per heavy atom. The monoisotopic (exact) mass is 262 g/mol. The van der Waals surface area contributed by atoms with E-state index in [1.807, 2.05) is 0 Å². The van der Waals surface area contributed by atoms with Gasteiger partial charge in [-0.1, -0.05) is 30.3 Å². The van der Waals surface area contributed by atoms with E-state index in [1.165, 1.54) is 5.56 Å². The van der Waals surface area contributed by atoms with Gasteiger partial charge < -0.3 is 15.0 Å². The van der Waals surface area contributed by atoms with E-state index in [4.69, 9.17) is 4.74 Å². The highest BCUT2D eigenvalue weighted by atomic mass is 16.5. The third-order valence-electron chi connectivity index (χ3n) is 3.68. The number of nitrogens with zero attached hydrogens (tertiary/aromatic N) is 1. The van der Waals surface area contributed by atoms with Gasteiger partial charge in [0.15, 0.2) is 0 Å². The van der Waals surface area contributed by atoms with Crippen LogP contribution in [0.15, 0.2) is 30.3 Å². The zero-order valence-electron chi connectivity index (χ0n) is 12.3. The van der Waals surface area contributed by atoms with Gasteiger partial charge in [0.05, 0.1) is 6.10 Å². The van der Waals surface area contributed by atoms with Crippen LogP contribution in [0.1, 0.15) is 31.4 Å². The average molecular weight is 262 g/mol. The van der Waals surface area contributed by atoms with Crippen LogP contribution in [0.3, 0.4) is 0 Å². The molecule has 0 aromatic heterocycles. The number of nitrogens with one attached hydrogen (secondary N) is 1. The van der Waals surface area contributed by atoms with Crippen molar-refractivity contribution in [3.63, 3.8) is 0 Å². The van der Waals surface area contributed by atoms with E-state index in [-0.39, 0.29) is 0 Å². The first-order chi connectivity index (χ1) is 9.19. The first-order valence-electron chi connectivity index (χ1n) is 7.26. The Balaban J connectivity index is 1.89. The Kier molecular flexibility index (Phi) is 5.37. The van der Waals surface area contributed by atoms with Gasteiger partial charge in [0, 0.05) is 25.2 Å². The SMILES string of the molecule is CCOC1CC(NC(CN(C)C)c2ccccc2)C1. The van der Waals surface area contributed by atoms with Crippen LogP contribution in [0, 0.1) is 0 Å². The van der Waals surface area contributed by atoms with Crippen LogP contribution in [0.25, 0.3) is 0 Å². The quantitative estimate of drug-likeness (QED) is 0.817. The summed E-state index contributed by atoms with van der Waals surface area (Å²) in [7, 11) is 4.25. The number of benzene rings is 1. The zero-order chi connectivity index (χ0) is 13.7. The molecule has 0 heterocycles. The predicted molar refractivity (Wildman–Crippen MR) is 79.3 cm³/mol. The molecular weight excluding hydrogens is 236 g/mol. The highest BCUT2D eigenvalue weighted by molar-refractivity contribution is 5.19. The van der Waals surface area contributed by atoms with Crippen LogP contribution in [0.4, 0.5) is 0 Å². The molecular formula is C16H26N2O. The lowest BCUT2D eigenvalue weighted by molar-refractivity contribution is -0.0131. The third-order valence-corrected chi connectivity index (χ3v) is 3.68. The van der Waals surface area contributed by atoms with Crippen LogP contribution in [0.2, 0.25) is 0 Å². The first-order valence-corrected chi connectivity index (χ1v) is 7.26. The van der Waals surface area contributed by atoms with Gasteiger partial charge in [-0.3, -0.25) is 0 Å². The van der Waals surface area contributed by atoms with Gasteiger partial charge in [0.1, 0.15) is 0 Å². The van der Waals surface area contributed by atoms with E-state index in [0.717, 1.165) is 26.0 Å². The van der Waals surface area contributed by atoms with Crippen LogP contribution in [-0.4, -0.2) is 44.3 Å². The molecule has 3 heteroatoms. The Bertz CT molecular complexity index is 360. The molecule has 106 valence electrons. The van der Waals surface area contributed by atoms with Gasteiger partial charge >= 0.3 is 0 Å². The third kappa shape index (κ3) is 4.30. The maximum absolute atomic E-state index is 5.63. The predicted octanol–water partition coefficient (Wildman–Crippen LogP) is 2.45. The van der Waals surface area contributed by atoms with Gasteiger partial charge in [0.25, 0.3) is 0 Å². The summed E-state index contributed by atoms with van der Waals surface area (Å²) in [6.45, 7) is 3.93. The second-order valence-electron chi connectivity index (χ2n) is 5.64. The first kappa shape index (κ1) is 14.5. The zero-order valence-corrected chi connectivity index (χ0v) is 12.3. The second kappa shape index (κ2) is 7.04. The van der Waals surface area contributed by atoms with Crippen LogP contribution < -0.4 is 5.32 Å². The Labute approximate surface area is 116 Å². The lowest BCUT2D eigenvalue weighted by Crippen LogP contribution is -2.48. The summed E-state index contributed by atoms with van der Waals surface area (Å²) in [5, 5.41) is 3.77. The van der Waals surface area contributed by atoms with E-state index in [9.17, 15) is 0 Å². The summed E-state index contributed by atoms with van der Waals surface area (Å²) in [6, 6.07) is 11.7. The summed E-state index contributed by atoms with van der Waals surface area (Å²) in [4.78, 5) is 2.24. The number of hydrogen-bond acceptors (Lipinski definition) is 3. The van der Waals surface area contributed by atoms with Crippen molar-refractivity contribution in [1.82, 2.24) is 10.2 Å². The minimum atomic E-state index is 0.406. The van der Waals surface area contributed by atoms with Crippen LogP contribution >= 0.6 is 0 Å². The number of likely N-dealkylation sites (N-methyl/N-ethyl adjacent to an activating group) is 1. The van der Waals surface area contributed by atoms with E-state index in [1.54, 1.807) is 0 Å². The molecule has 0 saturated heterocycles. The smallest absolute Gasteiger partial charge is 0.0604 e. The van der Waals surface area contributed by atoms with Crippen molar-refractivity contribution in [1.29, 1.82) is 0 Å². The number of hydrogen-bond donors (Lipinski definition) is 1. The van der Waals surface area contributed by atoms with Gasteiger partial charge in [-0.05, 0) is 39.4 Å². The molecule has 0 bridgehead atoms. The highest BCUT2D eigenvalue weighted by Crippen LogP contribution is 2.26. The highest BCUT2D eigenvalue weighted by Gasteiger charge is 2.31. The molecule has 1 atom stereocenters. The average Bonchev–Trinajstić information content (AvgIpc) is 2.36. The van der Waals surface area contributed by atoms with Gasteiger partial charge in [0.2, 0.25) is 0 Å². The van der Waals surface area contributed by atoms with E-state index < -0.39 is 0 Å². The fourth-order valence-corrected chi connectivity index (χ4v) is 2.66. The molecule has 19 heavy (non-hydrogen) atoms. The number of ether oxygens (including phenoxy) is 1. The molecule has 0 aliphatic heterocycles. The van der Waals surface area contributed by atoms with Gasteiger partial charge in [-0.15, -0.1) is 0 Å². The van der Waals surface area contributed by atoms with Crippen molar-refractivity contribution in [3.8, 4) is 0 Å². The normalized spacial score (nSPS) is 24.2. The molecule has 1 unspecified atom stereocenters. The summed E-state index contributed by atoms with van der Waals surface area (Å²) < 4.78 is 5.63. The maximum atomic E-state index is 5.63. The molecule has 1 aromatic rings. The van der Waals surface area contributed by atoms with Crippen molar-refractivity contribution in [2.45, 2.75) is 38.0 Å². The second-order valence-corrected chi connectivity index (χ2v) is 5.64. The summed E-state index contributed by atoms with van der Waals surface area (Å²) in [6.07, 6.45) is 2.76. The molecule has 1 fully saturated rings. The topological polar surface area (TPSA) is 24.5 Å². The van der Waals surface area contributed by atoms with Crippen LogP contribution in [0.5, 0.6) is 0 Å². The van der Waals surface area contributed by atoms with E-state index in [2.05, 4.69) is 61.6 Å². The van der Waals surface area contributed by atoms with Gasteiger partial charge in [-0.25, -0.2) is 0 Å². The number of rotatable bonds is 7. The molecule has 1 aliphatic carbocycles. The van der Waals surface area contributed by atoms with E-state index in [0.29, 0.717) is 18.2 Å². The van der Waals surface area contributed by atoms with Crippen LogP contribution in [-0.2, 0) is 4.74 Å². The Morgan fingerprint density at radius 3 is 2.53 bits per heavy atom. The molecule has 0 radical (unpaired) electrons. The molecule has 1 saturated carbocycles. The molecule has 0 amide bonds. The summed E-state index contributed by atoms with van der Waals surface area (Å²) in [5.74, 6) is 0. The summed E-state index contributed by atoms with van der Waals surface area (Å²) >= 11 is 0. The fraction of sp³-hybridized carbons (Fsp3) is 0.625. The Morgan fingerprint density at radius 1 is 1.26 bits per heavy atom. The van der Waals surface area contributed by atoms with Crippen molar-refractivity contribution >= 4 is 0 Å². The maximum Gasteiger partial charge on any atom is 0.0604 e. The molecule has 2 rings (SSSR count). The largest absolute Gasteiger partial charge is 0.378 e. The summed E-state index contributed by atoms with van der Waals surface area (Å²) in [5.41, 5.74) is 1.37. The molecule has 3 nitrogen and oxygen atoms in total. The van der Waals surface area contributed by atoms with E-state index >= 15 is 0 Å². The van der Waals surface area contributed by atoms with Crippen molar-refractivity contribution < 1.29 is 4.74 Å².